The summed E-state index contributed by atoms with van der Waals surface area (Å²) in [5.74, 6) is 0.0780. The maximum absolute atomic E-state index is 12.8. The summed E-state index contributed by atoms with van der Waals surface area (Å²) in [6.07, 6.45) is 4.17. The van der Waals surface area contributed by atoms with E-state index < -0.39 is 5.60 Å². The van der Waals surface area contributed by atoms with Crippen LogP contribution in [-0.4, -0.2) is 53.1 Å². The summed E-state index contributed by atoms with van der Waals surface area (Å²) in [4.78, 5) is 28.8. The van der Waals surface area contributed by atoms with Crippen LogP contribution in [0.15, 0.2) is 0 Å². The van der Waals surface area contributed by atoms with Gasteiger partial charge in [0.15, 0.2) is 0 Å². The SMILES string of the molecule is CCCN(CCC)C(=O)[C@@H]1CCCCN1C(=O)OC(C)(C)C. The lowest BCUT2D eigenvalue weighted by Crippen LogP contribution is -2.54. The third-order valence-electron chi connectivity index (χ3n) is 3.71. The van der Waals surface area contributed by atoms with E-state index in [4.69, 9.17) is 4.74 Å². The molecule has 0 radical (unpaired) electrons. The minimum Gasteiger partial charge on any atom is -0.444 e. The number of amides is 2. The van der Waals surface area contributed by atoms with E-state index in [1.165, 1.54) is 0 Å². The quantitative estimate of drug-likeness (QED) is 0.781. The first-order valence-corrected chi connectivity index (χ1v) is 8.58. The Balaban J connectivity index is 2.83. The maximum Gasteiger partial charge on any atom is 0.410 e. The molecular formula is C17H32N2O3. The monoisotopic (exact) mass is 312 g/mol. The van der Waals surface area contributed by atoms with Crippen LogP contribution in [0.25, 0.3) is 0 Å². The number of hydrogen-bond donors (Lipinski definition) is 0. The molecule has 0 saturated carbocycles. The number of carbonyl (C=O) groups excluding carboxylic acids is 2. The van der Waals surface area contributed by atoms with Crippen molar-refractivity contribution in [2.24, 2.45) is 0 Å². The zero-order valence-electron chi connectivity index (χ0n) is 14.9. The molecule has 0 spiro atoms. The number of rotatable bonds is 5. The molecule has 0 N–H and O–H groups in total. The average Bonchev–Trinajstić information content (AvgIpc) is 2.44. The highest BCUT2D eigenvalue weighted by atomic mass is 16.6. The summed E-state index contributed by atoms with van der Waals surface area (Å²) in [7, 11) is 0. The van der Waals surface area contributed by atoms with Gasteiger partial charge in [-0.3, -0.25) is 9.69 Å². The topological polar surface area (TPSA) is 49.9 Å². The minimum atomic E-state index is -0.533. The predicted octanol–water partition coefficient (Wildman–Crippen LogP) is 3.42. The lowest BCUT2D eigenvalue weighted by atomic mass is 10.0. The number of nitrogens with zero attached hydrogens (tertiary/aromatic N) is 2. The van der Waals surface area contributed by atoms with E-state index in [0.717, 1.165) is 45.2 Å². The Hall–Kier alpha value is -1.26. The lowest BCUT2D eigenvalue weighted by Gasteiger charge is -2.38. The van der Waals surface area contributed by atoms with Gasteiger partial charge in [-0.25, -0.2) is 4.79 Å². The second-order valence-corrected chi connectivity index (χ2v) is 7.01. The van der Waals surface area contributed by atoms with Gasteiger partial charge in [-0.15, -0.1) is 0 Å². The molecule has 1 atom stereocenters. The third kappa shape index (κ3) is 5.50. The summed E-state index contributed by atoms with van der Waals surface area (Å²) in [5, 5.41) is 0. The summed E-state index contributed by atoms with van der Waals surface area (Å²) in [5.41, 5.74) is -0.533. The van der Waals surface area contributed by atoms with Crippen molar-refractivity contribution in [2.45, 2.75) is 78.4 Å². The molecule has 22 heavy (non-hydrogen) atoms. The van der Waals surface area contributed by atoms with Crippen LogP contribution in [0.1, 0.15) is 66.7 Å². The number of carbonyl (C=O) groups is 2. The Labute approximate surface area is 135 Å². The van der Waals surface area contributed by atoms with Crippen molar-refractivity contribution >= 4 is 12.0 Å². The zero-order valence-corrected chi connectivity index (χ0v) is 14.9. The van der Waals surface area contributed by atoms with Gasteiger partial charge in [0.1, 0.15) is 11.6 Å². The summed E-state index contributed by atoms with van der Waals surface area (Å²) >= 11 is 0. The van der Waals surface area contributed by atoms with Crippen molar-refractivity contribution in [3.8, 4) is 0 Å². The van der Waals surface area contributed by atoms with Crippen LogP contribution in [0.3, 0.4) is 0 Å². The number of likely N-dealkylation sites (tertiary alicyclic amines) is 1. The fourth-order valence-electron chi connectivity index (χ4n) is 2.81. The van der Waals surface area contributed by atoms with Gasteiger partial charge in [-0.1, -0.05) is 13.8 Å². The molecule has 5 heteroatoms. The van der Waals surface area contributed by atoms with Gasteiger partial charge in [0.2, 0.25) is 5.91 Å². The molecule has 1 heterocycles. The van der Waals surface area contributed by atoms with E-state index in [1.54, 1.807) is 4.90 Å². The molecular weight excluding hydrogens is 280 g/mol. The Morgan fingerprint density at radius 2 is 1.73 bits per heavy atom. The van der Waals surface area contributed by atoms with E-state index in [1.807, 2.05) is 25.7 Å². The van der Waals surface area contributed by atoms with Crippen molar-refractivity contribution in [3.63, 3.8) is 0 Å². The van der Waals surface area contributed by atoms with E-state index in [0.29, 0.717) is 6.54 Å². The van der Waals surface area contributed by atoms with Crippen molar-refractivity contribution < 1.29 is 14.3 Å². The van der Waals surface area contributed by atoms with Gasteiger partial charge >= 0.3 is 6.09 Å². The van der Waals surface area contributed by atoms with E-state index in [-0.39, 0.29) is 18.0 Å². The molecule has 0 aromatic rings. The first kappa shape index (κ1) is 18.8. The molecule has 1 fully saturated rings. The molecule has 1 saturated heterocycles. The molecule has 1 aliphatic rings. The molecule has 0 unspecified atom stereocenters. The molecule has 5 nitrogen and oxygen atoms in total. The average molecular weight is 312 g/mol. The van der Waals surface area contributed by atoms with Gasteiger partial charge in [0.25, 0.3) is 0 Å². The van der Waals surface area contributed by atoms with Gasteiger partial charge in [-0.05, 0) is 52.9 Å². The van der Waals surface area contributed by atoms with Crippen LogP contribution in [0.2, 0.25) is 0 Å². The molecule has 2 amide bonds. The van der Waals surface area contributed by atoms with E-state index in [2.05, 4.69) is 13.8 Å². The number of piperidine rings is 1. The number of ether oxygens (including phenoxy) is 1. The standard InChI is InChI=1S/C17H32N2O3/c1-6-11-18(12-7-2)15(20)14-10-8-9-13-19(14)16(21)22-17(3,4)5/h14H,6-13H2,1-5H3/t14-/m0/s1. The van der Waals surface area contributed by atoms with Gasteiger partial charge < -0.3 is 9.64 Å². The molecule has 128 valence electrons. The smallest absolute Gasteiger partial charge is 0.410 e. The first-order chi connectivity index (χ1) is 10.3. The van der Waals surface area contributed by atoms with Crippen LogP contribution >= 0.6 is 0 Å². The molecule has 1 aliphatic heterocycles. The Kier molecular flexibility index (Phi) is 7.17. The highest BCUT2D eigenvalue weighted by Gasteiger charge is 2.36. The second kappa shape index (κ2) is 8.39. The van der Waals surface area contributed by atoms with Crippen molar-refractivity contribution in [2.75, 3.05) is 19.6 Å². The summed E-state index contributed by atoms with van der Waals surface area (Å²) in [6, 6.07) is -0.360. The predicted molar refractivity (Wildman–Crippen MR) is 87.7 cm³/mol. The normalized spacial score (nSPS) is 19.0. The van der Waals surface area contributed by atoms with E-state index >= 15 is 0 Å². The fourth-order valence-corrected chi connectivity index (χ4v) is 2.81. The van der Waals surface area contributed by atoms with Crippen LogP contribution in [0, 0.1) is 0 Å². The Morgan fingerprint density at radius 1 is 1.14 bits per heavy atom. The van der Waals surface area contributed by atoms with Gasteiger partial charge in [0.05, 0.1) is 0 Å². The van der Waals surface area contributed by atoms with Crippen molar-refractivity contribution in [1.82, 2.24) is 9.80 Å². The number of hydrogen-bond acceptors (Lipinski definition) is 3. The third-order valence-corrected chi connectivity index (χ3v) is 3.71. The highest BCUT2D eigenvalue weighted by molar-refractivity contribution is 5.86. The second-order valence-electron chi connectivity index (χ2n) is 7.01. The van der Waals surface area contributed by atoms with Gasteiger partial charge in [-0.2, -0.15) is 0 Å². The summed E-state index contributed by atoms with van der Waals surface area (Å²) in [6.45, 7) is 11.8. The van der Waals surface area contributed by atoms with Crippen molar-refractivity contribution in [1.29, 1.82) is 0 Å². The molecule has 0 aliphatic carbocycles. The summed E-state index contributed by atoms with van der Waals surface area (Å²) < 4.78 is 5.47. The lowest BCUT2D eigenvalue weighted by molar-refractivity contribution is -0.138. The van der Waals surface area contributed by atoms with Crippen LogP contribution < -0.4 is 0 Å². The van der Waals surface area contributed by atoms with Crippen LogP contribution in [-0.2, 0) is 9.53 Å². The fraction of sp³-hybridized carbons (Fsp3) is 0.882. The molecule has 0 aromatic carbocycles. The van der Waals surface area contributed by atoms with Crippen LogP contribution in [0.5, 0.6) is 0 Å². The largest absolute Gasteiger partial charge is 0.444 e. The Bertz CT molecular complexity index is 371. The van der Waals surface area contributed by atoms with Gasteiger partial charge in [0, 0.05) is 19.6 Å². The maximum atomic E-state index is 12.8. The highest BCUT2D eigenvalue weighted by Crippen LogP contribution is 2.22. The molecule has 0 bridgehead atoms. The molecule has 0 aromatic heterocycles. The Morgan fingerprint density at radius 3 is 2.23 bits per heavy atom. The van der Waals surface area contributed by atoms with E-state index in [9.17, 15) is 9.59 Å². The molecule has 1 rings (SSSR count). The van der Waals surface area contributed by atoms with Crippen LogP contribution in [0.4, 0.5) is 4.79 Å². The zero-order chi connectivity index (χ0) is 16.8. The minimum absolute atomic E-state index is 0.0780. The van der Waals surface area contributed by atoms with Crippen molar-refractivity contribution in [3.05, 3.63) is 0 Å². The first-order valence-electron chi connectivity index (χ1n) is 8.58.